The van der Waals surface area contributed by atoms with E-state index in [9.17, 15) is 9.59 Å². The van der Waals surface area contributed by atoms with Crippen LogP contribution in [0, 0.1) is 6.92 Å². The maximum absolute atomic E-state index is 13.2. The molecule has 0 atom stereocenters. The summed E-state index contributed by atoms with van der Waals surface area (Å²) in [6, 6.07) is 10.9. The van der Waals surface area contributed by atoms with Gasteiger partial charge in [0.25, 0.3) is 11.8 Å². The van der Waals surface area contributed by atoms with E-state index in [1.165, 1.54) is 5.01 Å². The summed E-state index contributed by atoms with van der Waals surface area (Å²) in [6.07, 6.45) is 0.632. The van der Waals surface area contributed by atoms with Gasteiger partial charge in [0.15, 0.2) is 6.79 Å². The number of nitrogens with one attached hydrogen (secondary N) is 1. The number of ether oxygens (including phenoxy) is 2. The monoisotopic (exact) mass is 396 g/mol. The number of carbonyl (C=O) groups excluding carboxylic acids is 2. The van der Waals surface area contributed by atoms with Crippen molar-refractivity contribution in [2.24, 2.45) is 0 Å². The van der Waals surface area contributed by atoms with Gasteiger partial charge < -0.3 is 9.47 Å². The maximum Gasteiger partial charge on any atom is 0.272 e. The van der Waals surface area contributed by atoms with Crippen molar-refractivity contribution < 1.29 is 19.1 Å². The van der Waals surface area contributed by atoms with E-state index in [0.29, 0.717) is 29.9 Å². The molecule has 0 fully saturated rings. The summed E-state index contributed by atoms with van der Waals surface area (Å²) in [5.74, 6) is 0.111. The first-order valence-corrected chi connectivity index (χ1v) is 9.80. The lowest BCUT2D eigenvalue weighted by Crippen LogP contribution is -2.56. The highest BCUT2D eigenvalue weighted by Gasteiger charge is 2.31. The van der Waals surface area contributed by atoms with Crippen LogP contribution in [-0.2, 0) is 17.8 Å². The molecule has 1 N–H and O–H groups in total. The zero-order valence-electron chi connectivity index (χ0n) is 17.7. The summed E-state index contributed by atoms with van der Waals surface area (Å²) in [5.41, 5.74) is 6.05. The highest BCUT2D eigenvalue weighted by atomic mass is 16.7. The molecule has 2 aromatic carbocycles. The third kappa shape index (κ3) is 4.43. The molecule has 0 aromatic heterocycles. The van der Waals surface area contributed by atoms with Gasteiger partial charge in [-0.25, -0.2) is 5.01 Å². The molecule has 29 heavy (non-hydrogen) atoms. The van der Waals surface area contributed by atoms with Crippen LogP contribution >= 0.6 is 0 Å². The van der Waals surface area contributed by atoms with E-state index in [4.69, 9.17) is 9.47 Å². The lowest BCUT2D eigenvalue weighted by molar-refractivity contribution is -0.0170. The van der Waals surface area contributed by atoms with Crippen LogP contribution in [-0.4, -0.2) is 29.2 Å². The number of hydrazine groups is 1. The Bertz CT molecular complexity index is 914. The van der Waals surface area contributed by atoms with Gasteiger partial charge in [-0.2, -0.15) is 0 Å². The molecule has 6 heteroatoms. The minimum atomic E-state index is -0.609. The average molecular weight is 396 g/mol. The van der Waals surface area contributed by atoms with Gasteiger partial charge in [0.2, 0.25) is 0 Å². The van der Waals surface area contributed by atoms with E-state index >= 15 is 0 Å². The zero-order chi connectivity index (χ0) is 21.2. The Morgan fingerprint density at radius 3 is 2.41 bits per heavy atom. The summed E-state index contributed by atoms with van der Waals surface area (Å²) < 4.78 is 11.0. The first-order chi connectivity index (χ1) is 13.7. The number of benzene rings is 2. The van der Waals surface area contributed by atoms with Crippen molar-refractivity contribution >= 4 is 11.8 Å². The van der Waals surface area contributed by atoms with Crippen molar-refractivity contribution in [2.75, 3.05) is 6.79 Å². The van der Waals surface area contributed by atoms with Crippen LogP contribution in [0.3, 0.4) is 0 Å². The van der Waals surface area contributed by atoms with Gasteiger partial charge in [-0.3, -0.25) is 15.0 Å². The fraction of sp³-hybridized carbons (Fsp3) is 0.391. The molecular weight excluding hydrogens is 368 g/mol. The van der Waals surface area contributed by atoms with Crippen LogP contribution in [0.15, 0.2) is 36.4 Å². The Hall–Kier alpha value is -2.86. The lowest BCUT2D eigenvalue weighted by atomic mass is 9.99. The minimum absolute atomic E-state index is 0.172. The van der Waals surface area contributed by atoms with Crippen molar-refractivity contribution in [3.63, 3.8) is 0 Å². The number of hydrogen-bond donors (Lipinski definition) is 1. The second kappa shape index (κ2) is 8.25. The van der Waals surface area contributed by atoms with Crippen molar-refractivity contribution in [1.29, 1.82) is 0 Å². The molecule has 154 valence electrons. The van der Waals surface area contributed by atoms with Crippen LogP contribution < -0.4 is 10.2 Å². The van der Waals surface area contributed by atoms with E-state index in [0.717, 1.165) is 16.7 Å². The SMILES string of the molecule is CCc1c(C(=O)NN(C(=O)c2ccc(C)cc2)C(C)(C)C)ccc2c1OCOC2. The molecule has 0 radical (unpaired) electrons. The first-order valence-electron chi connectivity index (χ1n) is 9.80. The van der Waals surface area contributed by atoms with Gasteiger partial charge in [-0.05, 0) is 52.3 Å². The van der Waals surface area contributed by atoms with Crippen LogP contribution in [0.4, 0.5) is 0 Å². The van der Waals surface area contributed by atoms with Crippen molar-refractivity contribution in [2.45, 2.75) is 53.2 Å². The van der Waals surface area contributed by atoms with Crippen LogP contribution in [0.5, 0.6) is 5.75 Å². The molecule has 0 saturated heterocycles. The van der Waals surface area contributed by atoms with Gasteiger partial charge in [0.05, 0.1) is 12.1 Å². The summed E-state index contributed by atoms with van der Waals surface area (Å²) in [5, 5.41) is 1.39. The standard InChI is InChI=1S/C23H28N2O4/c1-6-18-19(12-11-17-13-28-14-29-20(17)18)21(26)24-25(23(3,4)5)22(27)16-9-7-15(2)8-10-16/h7-12H,6,13-14H2,1-5H3,(H,24,26). The van der Waals surface area contributed by atoms with Crippen molar-refractivity contribution in [3.05, 3.63) is 64.2 Å². The molecule has 0 spiro atoms. The fourth-order valence-corrected chi connectivity index (χ4v) is 3.30. The third-order valence-corrected chi connectivity index (χ3v) is 4.87. The average Bonchev–Trinajstić information content (AvgIpc) is 2.70. The number of fused-ring (bicyclic) bond motifs is 1. The van der Waals surface area contributed by atoms with Crippen LogP contribution in [0.1, 0.15) is 65.1 Å². The summed E-state index contributed by atoms with van der Waals surface area (Å²) in [6.45, 7) is 10.2. The maximum atomic E-state index is 13.2. The summed E-state index contributed by atoms with van der Waals surface area (Å²) in [4.78, 5) is 26.3. The van der Waals surface area contributed by atoms with Crippen molar-refractivity contribution in [3.8, 4) is 5.75 Å². The smallest absolute Gasteiger partial charge is 0.272 e. The second-order valence-corrected chi connectivity index (χ2v) is 8.16. The molecule has 3 rings (SSSR count). The Kier molecular flexibility index (Phi) is 5.94. The number of rotatable bonds is 3. The van der Waals surface area contributed by atoms with Gasteiger partial charge >= 0.3 is 0 Å². The molecule has 0 bridgehead atoms. The van der Waals surface area contributed by atoms with Crippen LogP contribution in [0.2, 0.25) is 0 Å². The van der Waals surface area contributed by atoms with Crippen LogP contribution in [0.25, 0.3) is 0 Å². The number of amides is 2. The molecule has 0 saturated carbocycles. The molecular formula is C23H28N2O4. The quantitative estimate of drug-likeness (QED) is 0.796. The lowest BCUT2D eigenvalue weighted by Gasteiger charge is -2.36. The van der Waals surface area contributed by atoms with E-state index < -0.39 is 5.54 Å². The Balaban J connectivity index is 1.91. The number of nitrogens with zero attached hydrogens (tertiary/aromatic N) is 1. The summed E-state index contributed by atoms with van der Waals surface area (Å²) >= 11 is 0. The fourth-order valence-electron chi connectivity index (χ4n) is 3.30. The Labute approximate surface area is 171 Å². The number of aryl methyl sites for hydroxylation is 1. The predicted octanol–water partition coefficient (Wildman–Crippen LogP) is 4.01. The van der Waals surface area contributed by atoms with Gasteiger partial charge in [-0.1, -0.05) is 30.7 Å². The Morgan fingerprint density at radius 1 is 1.10 bits per heavy atom. The van der Waals surface area contributed by atoms with Crippen molar-refractivity contribution in [1.82, 2.24) is 10.4 Å². The zero-order valence-corrected chi connectivity index (χ0v) is 17.7. The van der Waals surface area contributed by atoms with E-state index in [1.54, 1.807) is 18.2 Å². The molecule has 2 aromatic rings. The van der Waals surface area contributed by atoms with E-state index in [-0.39, 0.29) is 18.6 Å². The number of carbonyl (C=O) groups is 2. The highest BCUT2D eigenvalue weighted by Crippen LogP contribution is 2.31. The largest absolute Gasteiger partial charge is 0.467 e. The summed E-state index contributed by atoms with van der Waals surface area (Å²) in [7, 11) is 0. The normalized spacial score (nSPS) is 13.3. The molecule has 1 heterocycles. The molecule has 1 aliphatic rings. The van der Waals surface area contributed by atoms with E-state index in [1.807, 2.05) is 52.8 Å². The molecule has 2 amide bonds. The molecule has 6 nitrogen and oxygen atoms in total. The third-order valence-electron chi connectivity index (χ3n) is 4.87. The predicted molar refractivity (Wildman–Crippen MR) is 111 cm³/mol. The molecule has 0 aliphatic carbocycles. The highest BCUT2D eigenvalue weighted by molar-refractivity contribution is 6.00. The first kappa shape index (κ1) is 20.9. The second-order valence-electron chi connectivity index (χ2n) is 8.16. The topological polar surface area (TPSA) is 67.9 Å². The number of hydrogen-bond acceptors (Lipinski definition) is 4. The van der Waals surface area contributed by atoms with Gasteiger partial charge in [0.1, 0.15) is 5.75 Å². The van der Waals surface area contributed by atoms with Gasteiger partial charge in [-0.15, -0.1) is 0 Å². The molecule has 1 aliphatic heterocycles. The Morgan fingerprint density at radius 2 is 1.79 bits per heavy atom. The van der Waals surface area contributed by atoms with Gasteiger partial charge in [0, 0.05) is 22.3 Å². The molecule has 0 unspecified atom stereocenters. The minimum Gasteiger partial charge on any atom is -0.467 e. The van der Waals surface area contributed by atoms with E-state index in [2.05, 4.69) is 5.43 Å².